The van der Waals surface area contributed by atoms with Crippen molar-refractivity contribution < 1.29 is 13.2 Å². The molecule has 0 radical (unpaired) electrons. The molecule has 1 N–H and O–H groups in total. The van der Waals surface area contributed by atoms with Crippen LogP contribution in [0.15, 0.2) is 23.1 Å². The maximum Gasteiger partial charge on any atom is 0.245 e. The second-order valence-electron chi connectivity index (χ2n) is 7.79. The van der Waals surface area contributed by atoms with E-state index in [-0.39, 0.29) is 29.3 Å². The van der Waals surface area contributed by atoms with Gasteiger partial charge in [0.1, 0.15) is 15.9 Å². The highest BCUT2D eigenvalue weighted by Gasteiger charge is 2.35. The number of aromatic nitrogens is 2. The molecule has 1 aromatic heterocycles. The normalized spacial score (nSPS) is 22.8. The standard InChI is InChI=1S/C19H26N4O3S2/c24-19(20-15-8-3-1-2-4-9-15)14-7-6-12-23(13-14)28(25,26)17-11-5-10-16-18(17)22-27-21-16/h5,10-11,14-15H,1-4,6-9,12-13H2,(H,20,24). The number of hydrogen-bond acceptors (Lipinski definition) is 6. The summed E-state index contributed by atoms with van der Waals surface area (Å²) in [5, 5.41) is 3.18. The lowest BCUT2D eigenvalue weighted by Crippen LogP contribution is -2.47. The molecule has 4 rings (SSSR count). The van der Waals surface area contributed by atoms with Crippen molar-refractivity contribution in [2.24, 2.45) is 5.92 Å². The molecule has 2 heterocycles. The molecule has 2 aromatic rings. The van der Waals surface area contributed by atoms with Crippen molar-refractivity contribution >= 4 is 38.7 Å². The van der Waals surface area contributed by atoms with Crippen LogP contribution in [-0.2, 0) is 14.8 Å². The van der Waals surface area contributed by atoms with Crippen LogP contribution in [0.25, 0.3) is 11.0 Å². The Morgan fingerprint density at radius 3 is 2.64 bits per heavy atom. The Morgan fingerprint density at radius 2 is 1.86 bits per heavy atom. The van der Waals surface area contributed by atoms with Crippen molar-refractivity contribution in [3.05, 3.63) is 18.2 Å². The van der Waals surface area contributed by atoms with Gasteiger partial charge in [-0.1, -0.05) is 31.7 Å². The second kappa shape index (κ2) is 8.42. The van der Waals surface area contributed by atoms with Crippen molar-refractivity contribution in [2.75, 3.05) is 13.1 Å². The fourth-order valence-corrected chi connectivity index (χ4v) is 6.52. The molecule has 2 aliphatic rings. The first-order valence-corrected chi connectivity index (χ1v) is 12.2. The number of piperidine rings is 1. The largest absolute Gasteiger partial charge is 0.353 e. The summed E-state index contributed by atoms with van der Waals surface area (Å²) in [6.45, 7) is 0.665. The molecule has 152 valence electrons. The number of carbonyl (C=O) groups excluding carboxylic acids is 1. The maximum absolute atomic E-state index is 13.2. The van der Waals surface area contributed by atoms with Crippen molar-refractivity contribution in [2.45, 2.75) is 62.3 Å². The molecule has 1 amide bonds. The van der Waals surface area contributed by atoms with Gasteiger partial charge < -0.3 is 5.32 Å². The molecular formula is C19H26N4O3S2. The SMILES string of the molecule is O=C(NC1CCCCCC1)C1CCCN(S(=O)(=O)c2cccc3nsnc23)C1. The van der Waals surface area contributed by atoms with Crippen LogP contribution in [0.3, 0.4) is 0 Å². The number of sulfonamides is 1. The van der Waals surface area contributed by atoms with Gasteiger partial charge in [-0.2, -0.15) is 13.1 Å². The summed E-state index contributed by atoms with van der Waals surface area (Å²) < 4.78 is 36.2. The highest BCUT2D eigenvalue weighted by atomic mass is 32.2. The third kappa shape index (κ3) is 4.06. The first kappa shape index (κ1) is 19.7. The number of fused-ring (bicyclic) bond motifs is 1. The zero-order valence-electron chi connectivity index (χ0n) is 15.8. The van der Waals surface area contributed by atoms with Gasteiger partial charge in [-0.3, -0.25) is 4.79 Å². The Kier molecular flexibility index (Phi) is 5.93. The van der Waals surface area contributed by atoms with Gasteiger partial charge in [-0.05, 0) is 37.8 Å². The molecule has 7 nitrogen and oxygen atoms in total. The fourth-order valence-electron chi connectivity index (χ4n) is 4.25. The number of benzene rings is 1. The summed E-state index contributed by atoms with van der Waals surface area (Å²) in [6.07, 6.45) is 8.25. The van der Waals surface area contributed by atoms with Crippen molar-refractivity contribution in [1.29, 1.82) is 0 Å². The summed E-state index contributed by atoms with van der Waals surface area (Å²) in [7, 11) is -3.71. The Labute approximate surface area is 169 Å². The quantitative estimate of drug-likeness (QED) is 0.765. The average molecular weight is 423 g/mol. The molecule has 0 bridgehead atoms. The minimum Gasteiger partial charge on any atom is -0.353 e. The summed E-state index contributed by atoms with van der Waals surface area (Å²) in [6, 6.07) is 5.26. The lowest BCUT2D eigenvalue weighted by atomic mass is 9.97. The molecule has 1 aromatic carbocycles. The van der Waals surface area contributed by atoms with Crippen LogP contribution in [-0.4, -0.2) is 46.5 Å². The van der Waals surface area contributed by atoms with Crippen LogP contribution in [0, 0.1) is 5.92 Å². The molecule has 28 heavy (non-hydrogen) atoms. The zero-order chi connectivity index (χ0) is 19.6. The maximum atomic E-state index is 13.2. The number of nitrogens with one attached hydrogen (secondary N) is 1. The highest BCUT2D eigenvalue weighted by Crippen LogP contribution is 2.28. The number of carbonyl (C=O) groups is 1. The Balaban J connectivity index is 1.48. The molecule has 1 saturated carbocycles. The number of hydrogen-bond donors (Lipinski definition) is 1. The van der Waals surface area contributed by atoms with E-state index in [1.165, 1.54) is 17.1 Å². The summed E-state index contributed by atoms with van der Waals surface area (Å²) in [5.74, 6) is -0.292. The molecule has 9 heteroatoms. The van der Waals surface area contributed by atoms with Gasteiger partial charge >= 0.3 is 0 Å². The van der Waals surface area contributed by atoms with Crippen LogP contribution in [0.4, 0.5) is 0 Å². The molecule has 1 saturated heterocycles. The van der Waals surface area contributed by atoms with Gasteiger partial charge in [0.25, 0.3) is 0 Å². The van der Waals surface area contributed by atoms with Crippen LogP contribution < -0.4 is 5.32 Å². The lowest BCUT2D eigenvalue weighted by molar-refractivity contribution is -0.126. The van der Waals surface area contributed by atoms with Crippen molar-refractivity contribution in [3.63, 3.8) is 0 Å². The van der Waals surface area contributed by atoms with E-state index in [0.717, 1.165) is 43.8 Å². The van der Waals surface area contributed by atoms with Gasteiger partial charge in [0, 0.05) is 19.1 Å². The van der Waals surface area contributed by atoms with E-state index < -0.39 is 10.0 Å². The number of amides is 1. The van der Waals surface area contributed by atoms with E-state index in [4.69, 9.17) is 0 Å². The second-order valence-corrected chi connectivity index (χ2v) is 10.2. The molecule has 1 aliphatic heterocycles. The minimum atomic E-state index is -3.71. The zero-order valence-corrected chi connectivity index (χ0v) is 17.5. The number of rotatable bonds is 4. The van der Waals surface area contributed by atoms with E-state index in [9.17, 15) is 13.2 Å². The summed E-state index contributed by atoms with van der Waals surface area (Å²) in [5.41, 5.74) is 1.00. The molecule has 1 atom stereocenters. The van der Waals surface area contributed by atoms with E-state index in [0.29, 0.717) is 24.0 Å². The molecular weight excluding hydrogens is 396 g/mol. The highest BCUT2D eigenvalue weighted by molar-refractivity contribution is 7.89. The molecule has 2 fully saturated rings. The van der Waals surface area contributed by atoms with Gasteiger partial charge in [0.2, 0.25) is 15.9 Å². The molecule has 1 aliphatic carbocycles. The van der Waals surface area contributed by atoms with E-state index in [1.54, 1.807) is 18.2 Å². The van der Waals surface area contributed by atoms with Crippen LogP contribution in [0.1, 0.15) is 51.4 Å². The lowest BCUT2D eigenvalue weighted by Gasteiger charge is -2.32. The van der Waals surface area contributed by atoms with Crippen LogP contribution in [0.5, 0.6) is 0 Å². The van der Waals surface area contributed by atoms with Gasteiger partial charge in [-0.15, -0.1) is 0 Å². The monoisotopic (exact) mass is 422 g/mol. The third-order valence-corrected chi connectivity index (χ3v) is 8.26. The predicted molar refractivity (Wildman–Crippen MR) is 109 cm³/mol. The first-order valence-electron chi connectivity index (χ1n) is 10.1. The number of nitrogens with zero attached hydrogens (tertiary/aromatic N) is 3. The smallest absolute Gasteiger partial charge is 0.245 e. The van der Waals surface area contributed by atoms with E-state index in [1.807, 2.05) is 0 Å². The Morgan fingerprint density at radius 1 is 1.07 bits per heavy atom. The van der Waals surface area contributed by atoms with Crippen LogP contribution >= 0.6 is 11.7 Å². The first-order chi connectivity index (χ1) is 13.6. The average Bonchev–Trinajstić information content (AvgIpc) is 3.05. The fraction of sp³-hybridized carbons (Fsp3) is 0.632. The summed E-state index contributed by atoms with van der Waals surface area (Å²) >= 11 is 1.01. The topological polar surface area (TPSA) is 92.3 Å². The van der Waals surface area contributed by atoms with E-state index in [2.05, 4.69) is 14.1 Å². The van der Waals surface area contributed by atoms with Gasteiger partial charge in [0.05, 0.1) is 17.6 Å². The minimum absolute atomic E-state index is 0.000309. The summed E-state index contributed by atoms with van der Waals surface area (Å²) in [4.78, 5) is 13.0. The van der Waals surface area contributed by atoms with Crippen molar-refractivity contribution in [1.82, 2.24) is 18.4 Å². The Bertz CT molecular complexity index is 936. The van der Waals surface area contributed by atoms with Crippen LogP contribution in [0.2, 0.25) is 0 Å². The molecule has 0 spiro atoms. The van der Waals surface area contributed by atoms with Gasteiger partial charge in [-0.25, -0.2) is 8.42 Å². The predicted octanol–water partition coefficient (Wildman–Crippen LogP) is 2.93. The van der Waals surface area contributed by atoms with Crippen molar-refractivity contribution in [3.8, 4) is 0 Å². The van der Waals surface area contributed by atoms with Gasteiger partial charge in [0.15, 0.2) is 0 Å². The molecule has 1 unspecified atom stereocenters. The third-order valence-electron chi connectivity index (χ3n) is 5.82. The Hall–Kier alpha value is -1.58. The van der Waals surface area contributed by atoms with E-state index >= 15 is 0 Å².